The maximum Gasteiger partial charge on any atom is 0.407 e. The summed E-state index contributed by atoms with van der Waals surface area (Å²) in [6, 6.07) is -0.477. The third kappa shape index (κ3) is 14.9. The summed E-state index contributed by atoms with van der Waals surface area (Å²) < 4.78 is 11.1. The van der Waals surface area contributed by atoms with Crippen LogP contribution < -0.4 is 16.0 Å². The van der Waals surface area contributed by atoms with Crippen LogP contribution in [0, 0.1) is 17.8 Å². The largest absolute Gasteiger partial charge is 0.476 e. The van der Waals surface area contributed by atoms with Gasteiger partial charge in [-0.05, 0) is 71.9 Å². The van der Waals surface area contributed by atoms with Gasteiger partial charge in [0.25, 0.3) is 0 Å². The highest BCUT2D eigenvalue weighted by Gasteiger charge is 2.40. The molecular weight excluding hydrogens is 689 g/mol. The first-order valence-corrected chi connectivity index (χ1v) is 19.8. The summed E-state index contributed by atoms with van der Waals surface area (Å²) in [6.07, 6.45) is 4.77. The number of piperidine rings is 1. The Labute approximate surface area is 314 Å². The highest BCUT2D eigenvalue weighted by molar-refractivity contribution is 7.09. The van der Waals surface area contributed by atoms with Crippen LogP contribution in [-0.2, 0) is 19.1 Å². The number of aromatic nitrogens is 1. The second kappa shape index (κ2) is 21.9. The number of aromatic carboxylic acids is 1. The lowest BCUT2D eigenvalue weighted by atomic mass is 9.87. The van der Waals surface area contributed by atoms with Crippen LogP contribution in [0.1, 0.15) is 135 Å². The van der Waals surface area contributed by atoms with E-state index in [9.17, 15) is 29.1 Å². The molecule has 2 rings (SSSR count). The van der Waals surface area contributed by atoms with Crippen LogP contribution in [0.4, 0.5) is 9.59 Å². The number of carboxylic acids is 1. The van der Waals surface area contributed by atoms with E-state index in [1.165, 1.54) is 5.38 Å². The zero-order chi connectivity index (χ0) is 39.0. The Morgan fingerprint density at radius 3 is 2.27 bits per heavy atom. The zero-order valence-corrected chi connectivity index (χ0v) is 33.6. The molecule has 1 fully saturated rings. The van der Waals surface area contributed by atoms with E-state index in [1.807, 2.05) is 34.7 Å². The zero-order valence-electron chi connectivity index (χ0n) is 32.8. The number of thiazole rings is 1. The quantitative estimate of drug-likeness (QED) is 0.0888. The second-order valence-electron chi connectivity index (χ2n) is 15.1. The molecule has 4 N–H and O–H groups in total. The fourth-order valence-corrected chi connectivity index (χ4v) is 7.05. The predicted molar refractivity (Wildman–Crippen MR) is 201 cm³/mol. The van der Waals surface area contributed by atoms with Gasteiger partial charge >= 0.3 is 18.2 Å². The minimum Gasteiger partial charge on any atom is -0.476 e. The summed E-state index contributed by atoms with van der Waals surface area (Å²) >= 11 is 1.06. The van der Waals surface area contributed by atoms with Crippen LogP contribution in [0.5, 0.6) is 0 Å². The van der Waals surface area contributed by atoms with Gasteiger partial charge in [-0.15, -0.1) is 11.3 Å². The van der Waals surface area contributed by atoms with Gasteiger partial charge in [0.1, 0.15) is 16.5 Å². The molecule has 52 heavy (non-hydrogen) atoms. The molecule has 1 aromatic heterocycles. The van der Waals surface area contributed by atoms with Crippen molar-refractivity contribution in [1.29, 1.82) is 0 Å². The molecule has 296 valence electrons. The number of hydrogen-bond donors (Lipinski definition) is 4. The molecule has 15 heteroatoms. The Hall–Kier alpha value is -3.46. The number of unbranched alkanes of at least 4 members (excludes halogenated alkanes) is 3. The second-order valence-corrected chi connectivity index (χ2v) is 16.0. The number of carboxylic acid groups (broad SMARTS) is 1. The number of rotatable bonds is 20. The molecule has 1 aliphatic rings. The van der Waals surface area contributed by atoms with E-state index in [-0.39, 0.29) is 60.0 Å². The number of hydrogen-bond acceptors (Lipinski definition) is 10. The van der Waals surface area contributed by atoms with Crippen LogP contribution in [-0.4, -0.2) is 101 Å². The van der Waals surface area contributed by atoms with Crippen molar-refractivity contribution in [2.24, 2.45) is 17.8 Å². The first-order chi connectivity index (χ1) is 24.5. The van der Waals surface area contributed by atoms with Gasteiger partial charge in [0, 0.05) is 37.5 Å². The van der Waals surface area contributed by atoms with Gasteiger partial charge in [0.2, 0.25) is 11.8 Å². The molecule has 1 aliphatic heterocycles. The van der Waals surface area contributed by atoms with Crippen molar-refractivity contribution in [3.05, 3.63) is 16.1 Å². The summed E-state index contributed by atoms with van der Waals surface area (Å²) in [7, 11) is 1.99. The summed E-state index contributed by atoms with van der Waals surface area (Å²) in [4.78, 5) is 73.8. The van der Waals surface area contributed by atoms with Crippen LogP contribution in [0.25, 0.3) is 0 Å². The average Bonchev–Trinajstić information content (AvgIpc) is 3.56. The number of likely N-dealkylation sites (tertiary alicyclic amines) is 1. The highest BCUT2D eigenvalue weighted by Crippen LogP contribution is 2.33. The Morgan fingerprint density at radius 1 is 1.04 bits per heavy atom. The van der Waals surface area contributed by atoms with Gasteiger partial charge in [0.05, 0.1) is 6.17 Å². The lowest BCUT2D eigenvalue weighted by Gasteiger charge is -2.40. The van der Waals surface area contributed by atoms with E-state index in [4.69, 9.17) is 9.47 Å². The monoisotopic (exact) mass is 752 g/mol. The van der Waals surface area contributed by atoms with Gasteiger partial charge in [-0.1, -0.05) is 60.3 Å². The first-order valence-electron chi connectivity index (χ1n) is 18.9. The van der Waals surface area contributed by atoms with Crippen LogP contribution in [0.3, 0.4) is 0 Å². The number of nitrogens with zero attached hydrogens (tertiary/aromatic N) is 3. The maximum atomic E-state index is 14.8. The molecule has 14 nitrogen and oxygen atoms in total. The third-order valence-electron chi connectivity index (χ3n) is 9.33. The number of nitrogens with one attached hydrogen (secondary N) is 3. The summed E-state index contributed by atoms with van der Waals surface area (Å²) in [5, 5.41) is 19.6. The van der Waals surface area contributed by atoms with Crippen LogP contribution >= 0.6 is 11.3 Å². The van der Waals surface area contributed by atoms with E-state index in [0.717, 1.165) is 62.8 Å². The Bertz CT molecular complexity index is 1300. The van der Waals surface area contributed by atoms with Crippen molar-refractivity contribution in [1.82, 2.24) is 30.7 Å². The minimum absolute atomic E-state index is 0.0422. The van der Waals surface area contributed by atoms with Gasteiger partial charge < -0.3 is 35.4 Å². The molecule has 0 saturated carbocycles. The molecule has 0 unspecified atom stereocenters. The van der Waals surface area contributed by atoms with Crippen molar-refractivity contribution in [3.8, 4) is 0 Å². The molecule has 1 aromatic rings. The van der Waals surface area contributed by atoms with Crippen molar-refractivity contribution >= 4 is 41.3 Å². The first kappa shape index (κ1) is 44.7. The van der Waals surface area contributed by atoms with E-state index in [1.54, 1.807) is 25.7 Å². The van der Waals surface area contributed by atoms with Crippen LogP contribution in [0.2, 0.25) is 0 Å². The minimum atomic E-state index is -1.21. The Kier molecular flexibility index (Phi) is 18.8. The molecule has 0 aromatic carbocycles. The van der Waals surface area contributed by atoms with Crippen molar-refractivity contribution in [2.45, 2.75) is 137 Å². The molecular formula is C37H64N6O8S. The average molecular weight is 753 g/mol. The summed E-state index contributed by atoms with van der Waals surface area (Å²) in [5.41, 5.74) is -0.847. The molecule has 0 bridgehead atoms. The van der Waals surface area contributed by atoms with Crippen LogP contribution in [0.15, 0.2) is 5.38 Å². The summed E-state index contributed by atoms with van der Waals surface area (Å²) in [6.45, 7) is 16.6. The van der Waals surface area contributed by atoms with Crippen molar-refractivity contribution in [2.75, 3.05) is 33.2 Å². The molecule has 1 saturated heterocycles. The van der Waals surface area contributed by atoms with Gasteiger partial charge in [-0.3, -0.25) is 14.5 Å². The molecule has 0 radical (unpaired) electrons. The Balaban J connectivity index is 2.40. The van der Waals surface area contributed by atoms with E-state index < -0.39 is 41.8 Å². The molecule has 0 aliphatic carbocycles. The SMILES string of the molecule is CCCCCCN(C(=O)[C@H](C(=O)N[C@H]1CCCCN1C)[C@@H](C)CC)[C@H](C[C@@H](OC(=O)NCCNC(=O)OC(C)(C)C)c1nc(C(=O)O)cs1)C(C)C. The summed E-state index contributed by atoms with van der Waals surface area (Å²) in [5.74, 6) is -3.01. The topological polar surface area (TPSA) is 179 Å². The van der Waals surface area contributed by atoms with Gasteiger partial charge in [-0.2, -0.15) is 0 Å². The number of ether oxygens (including phenoxy) is 2. The lowest BCUT2D eigenvalue weighted by molar-refractivity contribution is -0.148. The van der Waals surface area contributed by atoms with E-state index >= 15 is 0 Å². The lowest BCUT2D eigenvalue weighted by Crippen LogP contribution is -2.56. The fourth-order valence-electron chi connectivity index (χ4n) is 6.21. The van der Waals surface area contributed by atoms with Crippen molar-refractivity contribution in [3.63, 3.8) is 0 Å². The molecule has 5 atom stereocenters. The van der Waals surface area contributed by atoms with Gasteiger partial charge in [-0.25, -0.2) is 19.4 Å². The molecule has 0 spiro atoms. The van der Waals surface area contributed by atoms with E-state index in [2.05, 4.69) is 32.8 Å². The number of carbonyl (C=O) groups is 5. The molecule has 2 heterocycles. The van der Waals surface area contributed by atoms with Gasteiger partial charge in [0.15, 0.2) is 11.8 Å². The Morgan fingerprint density at radius 2 is 1.71 bits per heavy atom. The number of amides is 4. The number of carbonyl (C=O) groups excluding carboxylic acids is 4. The third-order valence-corrected chi connectivity index (χ3v) is 10.3. The normalized spacial score (nSPS) is 17.4. The maximum absolute atomic E-state index is 14.8. The smallest absolute Gasteiger partial charge is 0.407 e. The fraction of sp³-hybridized carbons (Fsp3) is 0.784. The van der Waals surface area contributed by atoms with Crippen molar-refractivity contribution < 1.29 is 38.6 Å². The molecule has 4 amide bonds. The standard InChI is InChI=1S/C37H64N6O8S/c1-10-12-13-15-21-43(33(45)30(25(5)11-2)31(44)41-29-17-14-16-20-42(29)9)27(24(3)4)22-28(32-40-26(23-52-32)34(46)47)50-35(48)38-18-19-39-36(49)51-37(6,7)8/h23-25,27-30H,10-22H2,1-9H3,(H,38,48)(H,39,49)(H,41,44)(H,46,47)/t25-,27+,28+,29+,30-/m0/s1. The van der Waals surface area contributed by atoms with E-state index in [0.29, 0.717) is 13.0 Å². The highest BCUT2D eigenvalue weighted by atomic mass is 32.1. The number of alkyl carbamates (subject to hydrolysis) is 2. The predicted octanol–water partition coefficient (Wildman–Crippen LogP) is 6.18.